The maximum atomic E-state index is 11.7. The minimum atomic E-state index is -0.288. The molecule has 1 aromatic carbocycles. The Hall–Kier alpha value is -2.87. The van der Waals surface area contributed by atoms with Gasteiger partial charge in [0.05, 0.1) is 24.7 Å². The van der Waals surface area contributed by atoms with Crippen LogP contribution in [0.5, 0.6) is 0 Å². The van der Waals surface area contributed by atoms with Gasteiger partial charge in [-0.05, 0) is 29.8 Å². The zero-order valence-corrected chi connectivity index (χ0v) is 10.8. The van der Waals surface area contributed by atoms with Crippen molar-refractivity contribution in [2.45, 2.75) is 13.0 Å². The molecule has 1 aromatic heterocycles. The van der Waals surface area contributed by atoms with Crippen molar-refractivity contribution >= 4 is 11.7 Å². The Morgan fingerprint density at radius 3 is 2.65 bits per heavy atom. The predicted molar refractivity (Wildman–Crippen MR) is 75.9 cm³/mol. The number of nitrogens with one attached hydrogen (secondary N) is 2. The number of anilines is 1. The zero-order valence-electron chi connectivity index (χ0n) is 10.8. The second kappa shape index (κ2) is 6.90. The van der Waals surface area contributed by atoms with Gasteiger partial charge < -0.3 is 10.6 Å². The topological polar surface area (TPSA) is 77.8 Å². The van der Waals surface area contributed by atoms with E-state index in [0.29, 0.717) is 18.7 Å². The van der Waals surface area contributed by atoms with Gasteiger partial charge >= 0.3 is 6.03 Å². The summed E-state index contributed by atoms with van der Waals surface area (Å²) < 4.78 is 0. The molecule has 2 rings (SSSR count). The second-order valence-corrected chi connectivity index (χ2v) is 4.16. The molecule has 5 heteroatoms. The predicted octanol–water partition coefficient (Wildman–Crippen LogP) is 2.47. The van der Waals surface area contributed by atoms with Crippen LogP contribution < -0.4 is 10.6 Å². The first-order valence-corrected chi connectivity index (χ1v) is 6.18. The molecule has 0 aliphatic rings. The fourth-order valence-corrected chi connectivity index (χ4v) is 1.65. The van der Waals surface area contributed by atoms with Crippen LogP contribution in [0.3, 0.4) is 0 Å². The van der Waals surface area contributed by atoms with E-state index in [-0.39, 0.29) is 6.03 Å². The van der Waals surface area contributed by atoms with Crippen molar-refractivity contribution < 1.29 is 4.79 Å². The molecule has 20 heavy (non-hydrogen) atoms. The fourth-order valence-electron chi connectivity index (χ4n) is 1.65. The Labute approximate surface area is 117 Å². The van der Waals surface area contributed by atoms with E-state index in [4.69, 9.17) is 5.26 Å². The van der Waals surface area contributed by atoms with Gasteiger partial charge in [-0.2, -0.15) is 5.26 Å². The van der Waals surface area contributed by atoms with E-state index in [9.17, 15) is 4.79 Å². The number of nitrogens with zero attached hydrogens (tertiary/aromatic N) is 2. The number of urea groups is 1. The van der Waals surface area contributed by atoms with E-state index in [0.717, 1.165) is 11.3 Å². The van der Waals surface area contributed by atoms with Crippen LogP contribution in [0.15, 0.2) is 48.7 Å². The van der Waals surface area contributed by atoms with Crippen molar-refractivity contribution in [3.05, 3.63) is 59.9 Å². The standard InChI is InChI=1S/C15H14N4O/c16-9-8-12-4-6-13(7-5-12)19-15(20)18-11-14-3-1-2-10-17-14/h1-7,10H,8,11H2,(H2,18,19,20). The molecule has 5 nitrogen and oxygen atoms in total. The molecule has 0 unspecified atom stereocenters. The number of hydrogen-bond donors (Lipinski definition) is 2. The lowest BCUT2D eigenvalue weighted by atomic mass is 10.1. The summed E-state index contributed by atoms with van der Waals surface area (Å²) in [6.07, 6.45) is 2.05. The van der Waals surface area contributed by atoms with Crippen LogP contribution in [-0.4, -0.2) is 11.0 Å². The van der Waals surface area contributed by atoms with Crippen LogP contribution in [0.2, 0.25) is 0 Å². The molecule has 0 fully saturated rings. The van der Waals surface area contributed by atoms with Gasteiger partial charge in [0.25, 0.3) is 0 Å². The van der Waals surface area contributed by atoms with Gasteiger partial charge in [0.1, 0.15) is 0 Å². The van der Waals surface area contributed by atoms with Crippen LogP contribution >= 0.6 is 0 Å². The SMILES string of the molecule is N#CCc1ccc(NC(=O)NCc2ccccn2)cc1. The van der Waals surface area contributed by atoms with Gasteiger partial charge in [-0.15, -0.1) is 0 Å². The Kier molecular flexibility index (Phi) is 4.68. The zero-order chi connectivity index (χ0) is 14.2. The summed E-state index contributed by atoms with van der Waals surface area (Å²) in [5, 5.41) is 14.0. The van der Waals surface area contributed by atoms with Crippen molar-refractivity contribution in [2.24, 2.45) is 0 Å². The normalized spacial score (nSPS) is 9.55. The highest BCUT2D eigenvalue weighted by molar-refractivity contribution is 5.89. The van der Waals surface area contributed by atoms with Gasteiger partial charge in [0.2, 0.25) is 0 Å². The molecular formula is C15H14N4O. The maximum Gasteiger partial charge on any atom is 0.319 e. The van der Waals surface area contributed by atoms with Crippen LogP contribution in [0, 0.1) is 11.3 Å². The van der Waals surface area contributed by atoms with Crippen molar-refractivity contribution in [1.29, 1.82) is 5.26 Å². The molecule has 2 aromatic rings. The summed E-state index contributed by atoms with van der Waals surface area (Å²) in [5.74, 6) is 0. The minimum absolute atomic E-state index is 0.288. The number of hydrogen-bond acceptors (Lipinski definition) is 3. The molecule has 2 amide bonds. The number of amides is 2. The average molecular weight is 266 g/mol. The molecule has 0 saturated carbocycles. The molecule has 0 atom stereocenters. The van der Waals surface area contributed by atoms with E-state index in [2.05, 4.69) is 21.7 Å². The van der Waals surface area contributed by atoms with Gasteiger partial charge in [-0.1, -0.05) is 18.2 Å². The number of carbonyl (C=O) groups excluding carboxylic acids is 1. The second-order valence-electron chi connectivity index (χ2n) is 4.16. The number of carbonyl (C=O) groups is 1. The molecule has 100 valence electrons. The maximum absolute atomic E-state index is 11.7. The number of pyridine rings is 1. The van der Waals surface area contributed by atoms with E-state index in [1.165, 1.54) is 0 Å². The third kappa shape index (κ3) is 4.10. The van der Waals surface area contributed by atoms with Gasteiger partial charge in [0, 0.05) is 11.9 Å². The van der Waals surface area contributed by atoms with Crippen LogP contribution in [0.4, 0.5) is 10.5 Å². The van der Waals surface area contributed by atoms with E-state index < -0.39 is 0 Å². The Morgan fingerprint density at radius 1 is 1.20 bits per heavy atom. The number of aromatic nitrogens is 1. The molecule has 0 aliphatic carbocycles. The molecule has 1 heterocycles. The largest absolute Gasteiger partial charge is 0.332 e. The third-order valence-corrected chi connectivity index (χ3v) is 2.65. The third-order valence-electron chi connectivity index (χ3n) is 2.65. The monoisotopic (exact) mass is 266 g/mol. The summed E-state index contributed by atoms with van der Waals surface area (Å²) >= 11 is 0. The lowest BCUT2D eigenvalue weighted by Crippen LogP contribution is -2.28. The van der Waals surface area contributed by atoms with Crippen molar-refractivity contribution in [1.82, 2.24) is 10.3 Å². The summed E-state index contributed by atoms with van der Waals surface area (Å²) in [4.78, 5) is 15.8. The van der Waals surface area contributed by atoms with Crippen molar-refractivity contribution in [3.8, 4) is 6.07 Å². The molecule has 0 bridgehead atoms. The highest BCUT2D eigenvalue weighted by Gasteiger charge is 2.02. The summed E-state index contributed by atoms with van der Waals surface area (Å²) in [5.41, 5.74) is 2.41. The van der Waals surface area contributed by atoms with Crippen molar-refractivity contribution in [2.75, 3.05) is 5.32 Å². The first kappa shape index (κ1) is 13.6. The van der Waals surface area contributed by atoms with Gasteiger partial charge in [0.15, 0.2) is 0 Å². The van der Waals surface area contributed by atoms with E-state index >= 15 is 0 Å². The van der Waals surface area contributed by atoms with Crippen LogP contribution in [0.25, 0.3) is 0 Å². The minimum Gasteiger partial charge on any atom is -0.332 e. The summed E-state index contributed by atoms with van der Waals surface area (Å²) in [6.45, 7) is 0.374. The average Bonchev–Trinajstić information content (AvgIpc) is 2.49. The summed E-state index contributed by atoms with van der Waals surface area (Å²) in [6, 6.07) is 14.5. The number of benzene rings is 1. The Balaban J connectivity index is 1.84. The molecule has 0 radical (unpaired) electrons. The number of rotatable bonds is 4. The molecule has 0 spiro atoms. The number of nitriles is 1. The lowest BCUT2D eigenvalue weighted by Gasteiger charge is -2.07. The van der Waals surface area contributed by atoms with Gasteiger partial charge in [-0.3, -0.25) is 4.98 Å². The summed E-state index contributed by atoms with van der Waals surface area (Å²) in [7, 11) is 0. The quantitative estimate of drug-likeness (QED) is 0.892. The van der Waals surface area contributed by atoms with Crippen molar-refractivity contribution in [3.63, 3.8) is 0 Å². The lowest BCUT2D eigenvalue weighted by molar-refractivity contribution is 0.251. The Morgan fingerprint density at radius 2 is 2.00 bits per heavy atom. The molecule has 2 N–H and O–H groups in total. The highest BCUT2D eigenvalue weighted by Crippen LogP contribution is 2.09. The first-order valence-electron chi connectivity index (χ1n) is 6.18. The molecule has 0 saturated heterocycles. The Bertz CT molecular complexity index is 602. The fraction of sp³-hybridized carbons (Fsp3) is 0.133. The molecular weight excluding hydrogens is 252 g/mol. The van der Waals surface area contributed by atoms with E-state index in [1.54, 1.807) is 18.3 Å². The molecule has 0 aliphatic heterocycles. The van der Waals surface area contributed by atoms with Crippen LogP contribution in [0.1, 0.15) is 11.3 Å². The first-order chi connectivity index (χ1) is 9.78. The van der Waals surface area contributed by atoms with Gasteiger partial charge in [-0.25, -0.2) is 4.79 Å². The van der Waals surface area contributed by atoms with E-state index in [1.807, 2.05) is 30.3 Å². The smallest absolute Gasteiger partial charge is 0.319 e. The van der Waals surface area contributed by atoms with Crippen LogP contribution in [-0.2, 0) is 13.0 Å². The highest BCUT2D eigenvalue weighted by atomic mass is 16.2.